The molecule has 0 bridgehead atoms. The van der Waals surface area contributed by atoms with Crippen molar-refractivity contribution in [2.45, 2.75) is 26.7 Å². The maximum Gasteiger partial charge on any atom is 0.0519 e. The summed E-state index contributed by atoms with van der Waals surface area (Å²) < 4.78 is 0. The van der Waals surface area contributed by atoms with Crippen LogP contribution in [0.25, 0.3) is 0 Å². The van der Waals surface area contributed by atoms with E-state index in [1.54, 1.807) is 0 Å². The molecule has 0 aromatic heterocycles. The number of hydrogen-bond acceptors (Lipinski definition) is 2. The second kappa shape index (κ2) is 5.84. The molecule has 2 nitrogen and oxygen atoms in total. The van der Waals surface area contributed by atoms with Crippen LogP contribution >= 0.6 is 12.4 Å². The molecule has 0 heterocycles. The number of rotatable bonds is 3. The summed E-state index contributed by atoms with van der Waals surface area (Å²) in [5.41, 5.74) is 6.37. The highest BCUT2D eigenvalue weighted by molar-refractivity contribution is 5.85. The molecule has 0 aliphatic rings. The van der Waals surface area contributed by atoms with Gasteiger partial charge in [0.25, 0.3) is 0 Å². The molecule has 1 aromatic rings. The van der Waals surface area contributed by atoms with Crippen LogP contribution in [0.2, 0.25) is 0 Å². The van der Waals surface area contributed by atoms with Crippen molar-refractivity contribution in [2.24, 2.45) is 5.84 Å². The van der Waals surface area contributed by atoms with Crippen LogP contribution in [-0.2, 0) is 12.8 Å². The molecule has 0 saturated carbocycles. The van der Waals surface area contributed by atoms with Gasteiger partial charge in [0.15, 0.2) is 0 Å². The number of hydrazine groups is 1. The molecule has 0 aliphatic heterocycles. The van der Waals surface area contributed by atoms with Crippen molar-refractivity contribution >= 4 is 18.1 Å². The van der Waals surface area contributed by atoms with Crippen molar-refractivity contribution in [3.63, 3.8) is 0 Å². The van der Waals surface area contributed by atoms with E-state index in [1.165, 1.54) is 11.1 Å². The van der Waals surface area contributed by atoms with Gasteiger partial charge in [0.1, 0.15) is 0 Å². The highest BCUT2D eigenvalue weighted by Gasteiger charge is 1.98. The highest BCUT2D eigenvalue weighted by atomic mass is 35.5. The second-order valence-corrected chi connectivity index (χ2v) is 2.84. The smallest absolute Gasteiger partial charge is 0.0519 e. The summed E-state index contributed by atoms with van der Waals surface area (Å²) in [6, 6.07) is 6.40. The first kappa shape index (κ1) is 12.3. The molecule has 74 valence electrons. The third-order valence-corrected chi connectivity index (χ3v) is 2.12. The van der Waals surface area contributed by atoms with E-state index in [9.17, 15) is 0 Å². The Balaban J connectivity index is 0.00000144. The fourth-order valence-electron chi connectivity index (χ4n) is 1.29. The minimum absolute atomic E-state index is 0. The average Bonchev–Trinajstić information content (AvgIpc) is 2.16. The molecule has 0 radical (unpaired) electrons. The molecule has 1 rings (SSSR count). The Morgan fingerprint density at radius 1 is 1.23 bits per heavy atom. The van der Waals surface area contributed by atoms with Gasteiger partial charge < -0.3 is 5.43 Å². The lowest BCUT2D eigenvalue weighted by Gasteiger charge is -2.08. The van der Waals surface area contributed by atoms with Gasteiger partial charge in [-0.3, -0.25) is 5.84 Å². The number of benzene rings is 1. The third-order valence-electron chi connectivity index (χ3n) is 2.12. The van der Waals surface area contributed by atoms with E-state index in [0.29, 0.717) is 0 Å². The van der Waals surface area contributed by atoms with Crippen molar-refractivity contribution in [2.75, 3.05) is 5.43 Å². The molecule has 0 amide bonds. The summed E-state index contributed by atoms with van der Waals surface area (Å²) in [4.78, 5) is 0. The van der Waals surface area contributed by atoms with Crippen LogP contribution < -0.4 is 11.3 Å². The fraction of sp³-hybridized carbons (Fsp3) is 0.400. The summed E-state index contributed by atoms with van der Waals surface area (Å²) in [7, 11) is 0. The lowest BCUT2D eigenvalue weighted by atomic mass is 10.1. The summed E-state index contributed by atoms with van der Waals surface area (Å²) >= 11 is 0. The highest BCUT2D eigenvalue weighted by Crippen LogP contribution is 2.17. The van der Waals surface area contributed by atoms with Crippen molar-refractivity contribution in [1.29, 1.82) is 0 Å². The van der Waals surface area contributed by atoms with Crippen LogP contribution in [0.3, 0.4) is 0 Å². The van der Waals surface area contributed by atoms with Gasteiger partial charge >= 0.3 is 0 Å². The lowest BCUT2D eigenvalue weighted by Crippen LogP contribution is -2.09. The van der Waals surface area contributed by atoms with Crippen LogP contribution in [0, 0.1) is 0 Å². The van der Waals surface area contributed by atoms with Crippen molar-refractivity contribution in [3.05, 3.63) is 29.3 Å². The standard InChI is InChI=1S/C10H16N2.ClH/c1-3-8-5-6-9(4-2)10(7-8)12-11;/h5-7,12H,3-4,11H2,1-2H3;1H. The number of nitrogens with two attached hydrogens (primary N) is 1. The van der Waals surface area contributed by atoms with Gasteiger partial charge in [-0.15, -0.1) is 12.4 Å². The van der Waals surface area contributed by atoms with Crippen LogP contribution in [0.5, 0.6) is 0 Å². The van der Waals surface area contributed by atoms with Crippen LogP contribution in [0.4, 0.5) is 5.69 Å². The van der Waals surface area contributed by atoms with E-state index in [4.69, 9.17) is 5.84 Å². The number of aryl methyl sites for hydroxylation is 2. The van der Waals surface area contributed by atoms with Crippen LogP contribution in [0.1, 0.15) is 25.0 Å². The Morgan fingerprint density at radius 2 is 1.92 bits per heavy atom. The van der Waals surface area contributed by atoms with Gasteiger partial charge in [-0.2, -0.15) is 0 Å². The quantitative estimate of drug-likeness (QED) is 0.581. The predicted octanol–water partition coefficient (Wildman–Crippen LogP) is 2.52. The first-order chi connectivity index (χ1) is 5.81. The van der Waals surface area contributed by atoms with Crippen LogP contribution in [0.15, 0.2) is 18.2 Å². The van der Waals surface area contributed by atoms with Crippen molar-refractivity contribution in [3.8, 4) is 0 Å². The lowest BCUT2D eigenvalue weighted by molar-refractivity contribution is 1.09. The molecular formula is C10H17ClN2. The zero-order chi connectivity index (χ0) is 8.97. The summed E-state index contributed by atoms with van der Waals surface area (Å²) in [5.74, 6) is 5.40. The van der Waals surface area contributed by atoms with Gasteiger partial charge in [-0.25, -0.2) is 0 Å². The molecule has 0 atom stereocenters. The summed E-state index contributed by atoms with van der Waals surface area (Å²) in [6.45, 7) is 4.27. The Labute approximate surface area is 85.9 Å². The van der Waals surface area contributed by atoms with E-state index in [2.05, 4.69) is 37.5 Å². The number of anilines is 1. The first-order valence-electron chi connectivity index (χ1n) is 4.40. The normalized spacial score (nSPS) is 9.15. The van der Waals surface area contributed by atoms with E-state index >= 15 is 0 Å². The van der Waals surface area contributed by atoms with Crippen LogP contribution in [-0.4, -0.2) is 0 Å². The number of halogens is 1. The Bertz CT molecular complexity index is 261. The largest absolute Gasteiger partial charge is 0.324 e. The molecule has 0 saturated heterocycles. The molecule has 0 aliphatic carbocycles. The van der Waals surface area contributed by atoms with E-state index in [-0.39, 0.29) is 12.4 Å². The SMILES string of the molecule is CCc1ccc(CC)c(NN)c1.Cl. The molecule has 3 heteroatoms. The minimum atomic E-state index is 0. The van der Waals surface area contributed by atoms with Crippen molar-refractivity contribution < 1.29 is 0 Å². The van der Waals surface area contributed by atoms with Gasteiger partial charge in [0, 0.05) is 0 Å². The Hall–Kier alpha value is -0.730. The predicted molar refractivity (Wildman–Crippen MR) is 60.3 cm³/mol. The van der Waals surface area contributed by atoms with E-state index in [1.807, 2.05) is 0 Å². The molecule has 0 unspecified atom stereocenters. The topological polar surface area (TPSA) is 38.0 Å². The van der Waals surface area contributed by atoms with Gasteiger partial charge in [-0.1, -0.05) is 26.0 Å². The fourth-order valence-corrected chi connectivity index (χ4v) is 1.29. The Morgan fingerprint density at radius 3 is 2.38 bits per heavy atom. The third kappa shape index (κ3) is 2.90. The summed E-state index contributed by atoms with van der Waals surface area (Å²) in [6.07, 6.45) is 2.07. The van der Waals surface area contributed by atoms with Crippen molar-refractivity contribution in [1.82, 2.24) is 0 Å². The van der Waals surface area contributed by atoms with Gasteiger partial charge in [0.05, 0.1) is 5.69 Å². The zero-order valence-electron chi connectivity index (χ0n) is 8.13. The van der Waals surface area contributed by atoms with Gasteiger partial charge in [0.2, 0.25) is 0 Å². The summed E-state index contributed by atoms with van der Waals surface area (Å²) in [5, 5.41) is 0. The molecular weight excluding hydrogens is 184 g/mol. The molecule has 3 N–H and O–H groups in total. The minimum Gasteiger partial charge on any atom is -0.324 e. The average molecular weight is 201 g/mol. The molecule has 13 heavy (non-hydrogen) atoms. The van der Waals surface area contributed by atoms with E-state index < -0.39 is 0 Å². The first-order valence-corrected chi connectivity index (χ1v) is 4.40. The van der Waals surface area contributed by atoms with E-state index in [0.717, 1.165) is 18.5 Å². The zero-order valence-corrected chi connectivity index (χ0v) is 8.95. The maximum absolute atomic E-state index is 5.40. The maximum atomic E-state index is 5.40. The number of hydrogen-bond donors (Lipinski definition) is 2. The molecule has 0 fully saturated rings. The van der Waals surface area contributed by atoms with Gasteiger partial charge in [-0.05, 0) is 30.0 Å². The number of nitrogens with one attached hydrogen (secondary N) is 1. The molecule has 1 aromatic carbocycles. The number of nitrogen functional groups attached to an aromatic ring is 1. The monoisotopic (exact) mass is 200 g/mol. The second-order valence-electron chi connectivity index (χ2n) is 2.84. The Kier molecular flexibility index (Phi) is 5.51. The molecule has 0 spiro atoms.